The smallest absolute Gasteiger partial charge is 0.319 e. The minimum atomic E-state index is -4.37. The summed E-state index contributed by atoms with van der Waals surface area (Å²) in [6.07, 6.45) is 9.38. The van der Waals surface area contributed by atoms with Crippen LogP contribution >= 0.6 is 0 Å². The second kappa shape index (κ2) is 13.5. The average Bonchev–Trinajstić information content (AvgIpc) is 3.53. The van der Waals surface area contributed by atoms with E-state index in [9.17, 15) is 27.7 Å². The van der Waals surface area contributed by atoms with Crippen molar-refractivity contribution in [2.24, 2.45) is 10.4 Å². The summed E-state index contributed by atoms with van der Waals surface area (Å²) in [4.78, 5) is 34.3. The fraction of sp³-hybridized carbons (Fsp3) is 0.295. The molecule has 0 spiro atoms. The fourth-order valence-electron chi connectivity index (χ4n) is 8.59. The molecule has 2 heterocycles. The Morgan fingerprint density at radius 2 is 1.50 bits per heavy atom. The maximum absolute atomic E-state index is 13.8. The van der Waals surface area contributed by atoms with Crippen molar-refractivity contribution in [3.05, 3.63) is 131 Å². The Hall–Kier alpha value is -5.32. The highest BCUT2D eigenvalue weighted by molar-refractivity contribution is 7.85. The van der Waals surface area contributed by atoms with E-state index in [-0.39, 0.29) is 18.3 Å². The van der Waals surface area contributed by atoms with Gasteiger partial charge in [-0.3, -0.25) is 19.1 Å². The highest BCUT2D eigenvalue weighted by Crippen LogP contribution is 2.51. The molecule has 1 aliphatic carbocycles. The summed E-state index contributed by atoms with van der Waals surface area (Å²) in [6, 6.07) is 24.9. The molecule has 7 rings (SSSR count). The van der Waals surface area contributed by atoms with Crippen LogP contribution in [0.4, 0.5) is 11.4 Å². The lowest BCUT2D eigenvalue weighted by Crippen LogP contribution is -2.49. The van der Waals surface area contributed by atoms with Gasteiger partial charge in [0.25, 0.3) is 10.1 Å². The third-order valence-electron chi connectivity index (χ3n) is 11.3. The molecule has 10 heteroatoms. The summed E-state index contributed by atoms with van der Waals surface area (Å²) in [5.74, 6) is -2.87. The van der Waals surface area contributed by atoms with Crippen LogP contribution in [0.15, 0.2) is 125 Å². The van der Waals surface area contributed by atoms with Gasteiger partial charge in [-0.15, -0.1) is 0 Å². The van der Waals surface area contributed by atoms with E-state index in [4.69, 9.17) is 4.99 Å². The zero-order valence-corrected chi connectivity index (χ0v) is 32.0. The van der Waals surface area contributed by atoms with E-state index in [0.29, 0.717) is 11.1 Å². The monoisotopic (exact) mass is 743 g/mol. The molecule has 0 bridgehead atoms. The second-order valence-electron chi connectivity index (χ2n) is 15.5. The minimum Gasteiger partial charge on any atom is -0.480 e. The molecule has 54 heavy (non-hydrogen) atoms. The number of anilines is 1. The number of carbonyl (C=O) groups excluding carboxylic acids is 1. The summed E-state index contributed by atoms with van der Waals surface area (Å²) in [5.41, 5.74) is 4.70. The Balaban J connectivity index is 1.29. The summed E-state index contributed by atoms with van der Waals surface area (Å²) in [6.45, 7) is 11.0. The van der Waals surface area contributed by atoms with Gasteiger partial charge in [0.1, 0.15) is 0 Å². The van der Waals surface area contributed by atoms with Crippen molar-refractivity contribution in [2.75, 3.05) is 23.7 Å². The maximum atomic E-state index is 13.8. The molecule has 4 aromatic rings. The number of rotatable bonds is 9. The zero-order chi connectivity index (χ0) is 38.6. The third kappa shape index (κ3) is 6.37. The number of amides is 1. The number of benzene rings is 4. The second-order valence-corrected chi connectivity index (χ2v) is 17.1. The van der Waals surface area contributed by atoms with Crippen LogP contribution in [0, 0.1) is 5.41 Å². The first kappa shape index (κ1) is 37.0. The molecular formula is C44H45N3O6S. The summed E-state index contributed by atoms with van der Waals surface area (Å²) < 4.78 is 32.1. The van der Waals surface area contributed by atoms with Gasteiger partial charge in [-0.05, 0) is 87.9 Å². The Morgan fingerprint density at radius 1 is 0.852 bits per heavy atom. The number of allylic oxidation sites excluding steroid dienone is 8. The largest absolute Gasteiger partial charge is 0.480 e. The maximum Gasteiger partial charge on any atom is 0.319 e. The predicted molar refractivity (Wildman–Crippen MR) is 216 cm³/mol. The number of fused-ring (bicyclic) bond motifs is 6. The van der Waals surface area contributed by atoms with Crippen LogP contribution in [0.1, 0.15) is 58.6 Å². The molecule has 1 unspecified atom stereocenters. The van der Waals surface area contributed by atoms with Gasteiger partial charge in [0.05, 0.1) is 17.2 Å². The van der Waals surface area contributed by atoms with Gasteiger partial charge in [-0.1, -0.05) is 107 Å². The van der Waals surface area contributed by atoms with E-state index in [1.165, 1.54) is 10.9 Å². The standard InChI is InChI=1S/C44H45N3O6S/c1-6-47-35-20-18-31-12-8-10-14-33(31)39(35)43(4,5)37(47)22-16-29-25-28(26-44(27-29,41(49)50)40(48)45-23-24-54(51,52)53)15-21-36-42(2,3)38-32-13-9-7-11-30(32)17-19-34(38)46-36/h7-22,25H,6,23-24,26-27H2,1-5H3,(H,45,48)(H,49,50)(H,51,52,53)/b21-15+,29-16-,37-22+. The summed E-state index contributed by atoms with van der Waals surface area (Å²) >= 11 is 0. The Morgan fingerprint density at radius 3 is 2.15 bits per heavy atom. The molecule has 278 valence electrons. The molecule has 0 fully saturated rings. The number of carboxylic acids is 1. The number of hydrogen-bond donors (Lipinski definition) is 3. The number of nitrogens with one attached hydrogen (secondary N) is 1. The fourth-order valence-corrected chi connectivity index (χ4v) is 8.95. The van der Waals surface area contributed by atoms with E-state index in [2.05, 4.69) is 87.3 Å². The zero-order valence-electron chi connectivity index (χ0n) is 31.2. The molecule has 0 aromatic heterocycles. The Kier molecular flexibility index (Phi) is 9.26. The van der Waals surface area contributed by atoms with E-state index < -0.39 is 45.1 Å². The predicted octanol–water partition coefficient (Wildman–Crippen LogP) is 8.34. The van der Waals surface area contributed by atoms with Crippen LogP contribution in [0.2, 0.25) is 0 Å². The van der Waals surface area contributed by atoms with E-state index in [1.54, 1.807) is 0 Å². The van der Waals surface area contributed by atoms with E-state index in [0.717, 1.165) is 51.1 Å². The lowest BCUT2D eigenvalue weighted by molar-refractivity contribution is -0.156. The SMILES string of the molecule is CCN1/C(=C/C=C2C=C(/C=C/C3=Nc4ccc5ccccc5c4C3(C)C)CC(C(=O)O)(C(=O)NCCS(=O)(=O)O)C/2)C(C)(C)c2c1ccc1ccccc21. The highest BCUT2D eigenvalue weighted by Gasteiger charge is 2.49. The van der Waals surface area contributed by atoms with Crippen molar-refractivity contribution in [3.8, 4) is 0 Å². The van der Waals surface area contributed by atoms with Crippen molar-refractivity contribution in [1.82, 2.24) is 5.32 Å². The van der Waals surface area contributed by atoms with Crippen molar-refractivity contribution in [1.29, 1.82) is 0 Å². The first-order valence-corrected chi connectivity index (χ1v) is 19.9. The van der Waals surface area contributed by atoms with E-state index in [1.807, 2.05) is 60.7 Å². The first-order chi connectivity index (χ1) is 25.6. The van der Waals surface area contributed by atoms with Crippen LogP contribution in [0.3, 0.4) is 0 Å². The quantitative estimate of drug-likeness (QED) is 0.116. The minimum absolute atomic E-state index is 0.118. The molecule has 0 saturated heterocycles. The average molecular weight is 744 g/mol. The number of nitrogens with zero attached hydrogens (tertiary/aromatic N) is 2. The summed E-state index contributed by atoms with van der Waals surface area (Å²) in [7, 11) is -4.37. The lowest BCUT2D eigenvalue weighted by Gasteiger charge is -2.33. The molecule has 2 aliphatic heterocycles. The highest BCUT2D eigenvalue weighted by atomic mass is 32.2. The van der Waals surface area contributed by atoms with Gasteiger partial charge < -0.3 is 15.3 Å². The van der Waals surface area contributed by atoms with E-state index >= 15 is 0 Å². The number of carboxylic acid groups (broad SMARTS) is 1. The molecule has 3 N–H and O–H groups in total. The number of likely N-dealkylation sites (N-methyl/N-ethyl adjacent to an activating group) is 1. The van der Waals surface area contributed by atoms with Crippen LogP contribution in [-0.4, -0.2) is 54.5 Å². The molecule has 3 aliphatic rings. The van der Waals surface area contributed by atoms with Gasteiger partial charge in [-0.2, -0.15) is 8.42 Å². The Labute approximate surface area is 316 Å². The molecule has 0 saturated carbocycles. The van der Waals surface area contributed by atoms with Crippen LogP contribution < -0.4 is 10.2 Å². The van der Waals surface area contributed by atoms with Gasteiger partial charge in [0, 0.05) is 35.3 Å². The molecule has 9 nitrogen and oxygen atoms in total. The Bertz CT molecular complexity index is 2510. The molecular weight excluding hydrogens is 699 g/mol. The number of hydrogen-bond acceptors (Lipinski definition) is 6. The van der Waals surface area contributed by atoms with Crippen LogP contribution in [0.25, 0.3) is 21.5 Å². The van der Waals surface area contributed by atoms with Crippen molar-refractivity contribution < 1.29 is 27.7 Å². The van der Waals surface area contributed by atoms with Crippen LogP contribution in [-0.2, 0) is 30.5 Å². The van der Waals surface area contributed by atoms with Crippen molar-refractivity contribution in [2.45, 2.75) is 58.3 Å². The van der Waals surface area contributed by atoms with Crippen LogP contribution in [0.5, 0.6) is 0 Å². The molecule has 1 atom stereocenters. The normalized spacial score (nSPS) is 21.8. The van der Waals surface area contributed by atoms with Crippen molar-refractivity contribution >= 4 is 60.6 Å². The first-order valence-electron chi connectivity index (χ1n) is 18.2. The lowest BCUT2D eigenvalue weighted by atomic mass is 9.71. The number of aliphatic imine (C=N–C) groups is 1. The number of carbonyl (C=O) groups is 2. The topological polar surface area (TPSA) is 136 Å². The molecule has 4 aromatic carbocycles. The van der Waals surface area contributed by atoms with Gasteiger partial charge >= 0.3 is 5.97 Å². The third-order valence-corrected chi connectivity index (χ3v) is 12.0. The molecule has 1 amide bonds. The summed E-state index contributed by atoms with van der Waals surface area (Å²) in [5, 5.41) is 17.8. The molecule has 0 radical (unpaired) electrons. The van der Waals surface area contributed by atoms with Gasteiger partial charge in [-0.25, -0.2) is 0 Å². The van der Waals surface area contributed by atoms with Crippen molar-refractivity contribution in [3.63, 3.8) is 0 Å². The number of aliphatic carboxylic acids is 1. The van der Waals surface area contributed by atoms with Gasteiger partial charge in [0.2, 0.25) is 5.91 Å². The van der Waals surface area contributed by atoms with Gasteiger partial charge in [0.15, 0.2) is 5.41 Å².